The van der Waals surface area contributed by atoms with Gasteiger partial charge in [-0.25, -0.2) is 9.97 Å². The predicted molar refractivity (Wildman–Crippen MR) is 228 cm³/mol. The minimum absolute atomic E-state index is 0.912. The first-order valence-corrected chi connectivity index (χ1v) is 18.7. The van der Waals surface area contributed by atoms with Gasteiger partial charge in [-0.2, -0.15) is 0 Å². The lowest BCUT2D eigenvalue weighted by Crippen LogP contribution is -1.99. The Labute approximate surface area is 322 Å². The highest BCUT2D eigenvalue weighted by atomic mass is 15.0. The lowest BCUT2D eigenvalue weighted by Gasteiger charge is -2.13. The van der Waals surface area contributed by atoms with Gasteiger partial charge in [-0.15, -0.1) is 0 Å². The Kier molecular flexibility index (Phi) is 7.38. The summed E-state index contributed by atoms with van der Waals surface area (Å²) in [4.78, 5) is 20.0. The molecule has 0 N–H and O–H groups in total. The first-order chi connectivity index (χ1) is 27.8. The van der Waals surface area contributed by atoms with Gasteiger partial charge in [-0.1, -0.05) is 103 Å². The van der Waals surface area contributed by atoms with Crippen LogP contribution in [0.4, 0.5) is 0 Å². The molecule has 0 spiro atoms. The fourth-order valence-electron chi connectivity index (χ4n) is 8.19. The van der Waals surface area contributed by atoms with Gasteiger partial charge in [0.2, 0.25) is 0 Å². The third kappa shape index (κ3) is 5.11. The average molecular weight is 717 g/mol. The first-order valence-electron chi connectivity index (χ1n) is 18.7. The van der Waals surface area contributed by atoms with E-state index in [4.69, 9.17) is 9.97 Å². The third-order valence-electron chi connectivity index (χ3n) is 10.7. The molecule has 0 aliphatic carbocycles. The fraction of sp³-hybridized carbons (Fsp3) is 0. The summed E-state index contributed by atoms with van der Waals surface area (Å²) in [6.45, 7) is 0. The van der Waals surface area contributed by atoms with Crippen LogP contribution in [-0.4, -0.2) is 29.1 Å². The Balaban J connectivity index is 1.06. The van der Waals surface area contributed by atoms with Crippen molar-refractivity contribution in [1.29, 1.82) is 0 Å². The quantitative estimate of drug-likeness (QED) is 0.172. The standard InChI is InChI=1S/C50H32N6/c1-3-18-37(35(16-1)41-22-9-11-30-51-41)43-26-28-47-49(53-43)39-20-5-7-24-45(39)55(47)33-14-13-15-34(32-33)56-46-25-8-6-21-40(46)50-48(56)29-27-44(54-50)38-19-4-2-17-36(38)42-23-10-12-31-52-42/h1-32H. The zero-order chi connectivity index (χ0) is 37.0. The SMILES string of the molecule is c1ccc(-c2ccccc2-c2ccc3c(n2)c2ccccc2n3-c2cccc(-n3c4ccccc4c4nc(-c5ccccc5-c5ccccn5)ccc43)c2)nc1. The predicted octanol–water partition coefficient (Wildman–Crippen LogP) is 12.1. The highest BCUT2D eigenvalue weighted by Gasteiger charge is 2.19. The Hall–Kier alpha value is -7.70. The van der Waals surface area contributed by atoms with Gasteiger partial charge in [0.05, 0.1) is 55.9 Å². The molecule has 0 bridgehead atoms. The van der Waals surface area contributed by atoms with E-state index in [1.54, 1.807) is 0 Å². The van der Waals surface area contributed by atoms with Crippen LogP contribution in [-0.2, 0) is 0 Å². The van der Waals surface area contributed by atoms with E-state index in [9.17, 15) is 0 Å². The molecule has 0 amide bonds. The zero-order valence-corrected chi connectivity index (χ0v) is 30.2. The molecule has 0 fully saturated rings. The molecule has 262 valence electrons. The van der Waals surface area contributed by atoms with E-state index in [2.05, 4.69) is 165 Å². The normalized spacial score (nSPS) is 11.6. The van der Waals surface area contributed by atoms with Gasteiger partial charge < -0.3 is 9.13 Å². The molecule has 0 unspecified atom stereocenters. The van der Waals surface area contributed by atoms with Gasteiger partial charge in [0.1, 0.15) is 0 Å². The van der Waals surface area contributed by atoms with Crippen LogP contribution in [0.1, 0.15) is 0 Å². The summed E-state index contributed by atoms with van der Waals surface area (Å²) < 4.78 is 4.66. The lowest BCUT2D eigenvalue weighted by atomic mass is 10.0. The van der Waals surface area contributed by atoms with Crippen molar-refractivity contribution < 1.29 is 0 Å². The number of benzene rings is 5. The summed E-state index contributed by atoms with van der Waals surface area (Å²) in [6, 6.07) is 63.3. The molecule has 6 aromatic heterocycles. The minimum atomic E-state index is 0.912. The van der Waals surface area contributed by atoms with Crippen molar-refractivity contribution in [1.82, 2.24) is 29.1 Å². The molecule has 6 heterocycles. The number of aromatic nitrogens is 6. The van der Waals surface area contributed by atoms with E-state index in [-0.39, 0.29) is 0 Å². The topological polar surface area (TPSA) is 61.4 Å². The van der Waals surface area contributed by atoms with Crippen molar-refractivity contribution in [3.8, 4) is 56.4 Å². The van der Waals surface area contributed by atoms with Gasteiger partial charge in [0, 0.05) is 56.8 Å². The van der Waals surface area contributed by atoms with Crippen LogP contribution in [0.15, 0.2) is 194 Å². The number of nitrogens with zero attached hydrogens (tertiary/aromatic N) is 6. The summed E-state index contributed by atoms with van der Waals surface area (Å²) in [7, 11) is 0. The maximum atomic E-state index is 5.35. The van der Waals surface area contributed by atoms with E-state index < -0.39 is 0 Å². The number of para-hydroxylation sites is 2. The van der Waals surface area contributed by atoms with Gasteiger partial charge in [0.15, 0.2) is 0 Å². The van der Waals surface area contributed by atoms with Crippen molar-refractivity contribution in [2.45, 2.75) is 0 Å². The third-order valence-corrected chi connectivity index (χ3v) is 10.7. The first kappa shape index (κ1) is 31.8. The van der Waals surface area contributed by atoms with Crippen LogP contribution in [0.2, 0.25) is 0 Å². The smallest absolute Gasteiger partial charge is 0.0970 e. The van der Waals surface area contributed by atoms with Crippen LogP contribution in [0.3, 0.4) is 0 Å². The molecule has 6 nitrogen and oxygen atoms in total. The van der Waals surface area contributed by atoms with Crippen molar-refractivity contribution in [2.75, 3.05) is 0 Å². The summed E-state index contributed by atoms with van der Waals surface area (Å²) >= 11 is 0. The van der Waals surface area contributed by atoms with E-state index in [0.29, 0.717) is 0 Å². The lowest BCUT2D eigenvalue weighted by molar-refractivity contribution is 1.13. The monoisotopic (exact) mass is 716 g/mol. The summed E-state index contributed by atoms with van der Waals surface area (Å²) in [5, 5.41) is 2.20. The number of pyridine rings is 4. The molecule has 0 radical (unpaired) electrons. The molecule has 0 saturated carbocycles. The van der Waals surface area contributed by atoms with Crippen molar-refractivity contribution in [3.05, 3.63) is 194 Å². The fourth-order valence-corrected chi connectivity index (χ4v) is 8.19. The number of hydrogen-bond donors (Lipinski definition) is 0. The molecule has 11 aromatic rings. The molecular weight excluding hydrogens is 685 g/mol. The molecule has 6 heteroatoms. The second-order valence-electron chi connectivity index (χ2n) is 13.9. The van der Waals surface area contributed by atoms with Crippen LogP contribution in [0.25, 0.3) is 100 Å². The molecule has 0 saturated heterocycles. The van der Waals surface area contributed by atoms with E-state index >= 15 is 0 Å². The Morgan fingerprint density at radius 3 is 1.16 bits per heavy atom. The van der Waals surface area contributed by atoms with Crippen LogP contribution in [0, 0.1) is 0 Å². The largest absolute Gasteiger partial charge is 0.308 e. The van der Waals surface area contributed by atoms with E-state index in [1.807, 2.05) is 48.8 Å². The molecule has 0 aliphatic heterocycles. The van der Waals surface area contributed by atoms with Gasteiger partial charge in [-0.3, -0.25) is 9.97 Å². The van der Waals surface area contributed by atoms with Crippen molar-refractivity contribution in [2.24, 2.45) is 0 Å². The van der Waals surface area contributed by atoms with Crippen LogP contribution in [0.5, 0.6) is 0 Å². The summed E-state index contributed by atoms with van der Waals surface area (Å²) in [5.41, 5.74) is 16.2. The summed E-state index contributed by atoms with van der Waals surface area (Å²) in [6.07, 6.45) is 3.67. The Morgan fingerprint density at radius 1 is 0.304 bits per heavy atom. The molecule has 5 aromatic carbocycles. The molecular formula is C50H32N6. The zero-order valence-electron chi connectivity index (χ0n) is 30.2. The Bertz CT molecular complexity index is 3040. The van der Waals surface area contributed by atoms with Crippen molar-refractivity contribution >= 4 is 43.9 Å². The van der Waals surface area contributed by atoms with Crippen LogP contribution < -0.4 is 0 Å². The maximum Gasteiger partial charge on any atom is 0.0970 e. The molecule has 0 aliphatic rings. The molecule has 11 rings (SSSR count). The van der Waals surface area contributed by atoms with Crippen LogP contribution >= 0.6 is 0 Å². The van der Waals surface area contributed by atoms with Gasteiger partial charge in [0.25, 0.3) is 0 Å². The Morgan fingerprint density at radius 2 is 0.714 bits per heavy atom. The summed E-state index contributed by atoms with van der Waals surface area (Å²) in [5.74, 6) is 0. The number of hydrogen-bond acceptors (Lipinski definition) is 4. The van der Waals surface area contributed by atoms with E-state index in [1.165, 1.54) is 0 Å². The highest BCUT2D eigenvalue weighted by Crippen LogP contribution is 2.38. The maximum absolute atomic E-state index is 5.35. The minimum Gasteiger partial charge on any atom is -0.308 e. The van der Waals surface area contributed by atoms with Gasteiger partial charge >= 0.3 is 0 Å². The number of fused-ring (bicyclic) bond motifs is 6. The number of rotatable bonds is 6. The highest BCUT2D eigenvalue weighted by molar-refractivity contribution is 6.09. The second-order valence-corrected chi connectivity index (χ2v) is 13.9. The molecule has 0 atom stereocenters. The average Bonchev–Trinajstić information content (AvgIpc) is 3.79. The van der Waals surface area contributed by atoms with Crippen molar-refractivity contribution in [3.63, 3.8) is 0 Å². The van der Waals surface area contributed by atoms with Gasteiger partial charge in [-0.05, 0) is 78.9 Å². The second kappa shape index (κ2) is 13.0. The molecule has 56 heavy (non-hydrogen) atoms. The van der Waals surface area contributed by atoms with E-state index in [0.717, 1.165) is 100 Å².